The van der Waals surface area contributed by atoms with E-state index < -0.39 is 0 Å². The second kappa shape index (κ2) is 9.58. The van der Waals surface area contributed by atoms with Crippen molar-refractivity contribution in [2.75, 3.05) is 33.9 Å². The fourth-order valence-corrected chi connectivity index (χ4v) is 4.51. The van der Waals surface area contributed by atoms with Crippen LogP contribution >= 0.6 is 0 Å². The van der Waals surface area contributed by atoms with Gasteiger partial charge in [-0.2, -0.15) is 0 Å². The number of methoxy groups -OCH3 is 2. The Kier molecular flexibility index (Phi) is 6.63. The highest BCUT2D eigenvalue weighted by molar-refractivity contribution is 5.94. The van der Waals surface area contributed by atoms with E-state index in [9.17, 15) is 9.59 Å². The molecule has 0 saturated carbocycles. The molecule has 1 aliphatic heterocycles. The molecule has 0 radical (unpaired) electrons. The van der Waals surface area contributed by atoms with Crippen LogP contribution in [0.4, 0.5) is 0 Å². The van der Waals surface area contributed by atoms with Crippen LogP contribution < -0.4 is 0 Å². The minimum Gasteiger partial charge on any atom is -0.465 e. The predicted molar refractivity (Wildman–Crippen MR) is 118 cm³/mol. The Morgan fingerprint density at radius 3 is 2.74 bits per heavy atom. The summed E-state index contributed by atoms with van der Waals surface area (Å²) in [5.74, 6) is 1.32. The molecule has 1 aliphatic carbocycles. The summed E-state index contributed by atoms with van der Waals surface area (Å²) in [6.45, 7) is 3.93. The van der Waals surface area contributed by atoms with E-state index in [0.717, 1.165) is 49.3 Å². The van der Waals surface area contributed by atoms with Crippen molar-refractivity contribution in [3.05, 3.63) is 53.4 Å². The molecule has 164 valence electrons. The lowest BCUT2D eigenvalue weighted by atomic mass is 9.84. The van der Waals surface area contributed by atoms with Gasteiger partial charge in [0.1, 0.15) is 5.82 Å². The number of esters is 1. The molecule has 1 fully saturated rings. The zero-order valence-corrected chi connectivity index (χ0v) is 18.2. The van der Waals surface area contributed by atoms with Gasteiger partial charge in [0.2, 0.25) is 0 Å². The molecule has 0 bridgehead atoms. The Balaban J connectivity index is 1.50. The van der Waals surface area contributed by atoms with Crippen molar-refractivity contribution in [2.24, 2.45) is 5.92 Å². The van der Waals surface area contributed by atoms with Crippen LogP contribution in [0.15, 0.2) is 42.0 Å². The van der Waals surface area contributed by atoms with Crippen molar-refractivity contribution >= 4 is 22.8 Å². The summed E-state index contributed by atoms with van der Waals surface area (Å²) in [6.07, 6.45) is 8.33. The number of piperidine rings is 1. The van der Waals surface area contributed by atoms with Crippen molar-refractivity contribution in [3.8, 4) is 0 Å². The van der Waals surface area contributed by atoms with Gasteiger partial charge >= 0.3 is 5.97 Å². The maximum atomic E-state index is 12.0. The Hall–Kier alpha value is -2.77. The van der Waals surface area contributed by atoms with Crippen LogP contribution in [-0.2, 0) is 27.4 Å². The number of allylic oxidation sites excluding steroid dienone is 4. The van der Waals surface area contributed by atoms with E-state index >= 15 is 0 Å². The number of carbonyl (C=O) groups excluding carboxylic acids is 2. The molecule has 1 saturated heterocycles. The van der Waals surface area contributed by atoms with Gasteiger partial charge < -0.3 is 14.0 Å². The molecule has 0 spiro atoms. The third-order valence-electron chi connectivity index (χ3n) is 6.22. The molecule has 1 aromatic heterocycles. The largest absolute Gasteiger partial charge is 0.465 e. The third kappa shape index (κ3) is 4.78. The molecule has 31 heavy (non-hydrogen) atoms. The van der Waals surface area contributed by atoms with E-state index in [-0.39, 0.29) is 11.8 Å². The van der Waals surface area contributed by atoms with Gasteiger partial charge in [-0.25, -0.2) is 9.78 Å². The van der Waals surface area contributed by atoms with Gasteiger partial charge in [0, 0.05) is 20.1 Å². The monoisotopic (exact) mass is 423 g/mol. The summed E-state index contributed by atoms with van der Waals surface area (Å²) in [5.41, 5.74) is 3.58. The topological polar surface area (TPSA) is 73.7 Å². The minimum absolute atomic E-state index is 0.207. The summed E-state index contributed by atoms with van der Waals surface area (Å²) in [6, 6.07) is 5.48. The van der Waals surface area contributed by atoms with Crippen LogP contribution in [0, 0.1) is 5.92 Å². The molecule has 1 aromatic carbocycles. The number of carbonyl (C=O) groups is 2. The first kappa shape index (κ1) is 21.5. The average molecular weight is 424 g/mol. The molecule has 0 unspecified atom stereocenters. The highest BCUT2D eigenvalue weighted by atomic mass is 16.5. The maximum absolute atomic E-state index is 12.0. The molecule has 4 rings (SSSR count). The first-order chi connectivity index (χ1) is 15.1. The number of ether oxygens (including phenoxy) is 2. The summed E-state index contributed by atoms with van der Waals surface area (Å²) in [5, 5.41) is 0. The van der Waals surface area contributed by atoms with Gasteiger partial charge in [-0.1, -0.05) is 17.7 Å². The van der Waals surface area contributed by atoms with Gasteiger partial charge in [0.15, 0.2) is 5.78 Å². The Labute approximate surface area is 182 Å². The SMILES string of the molecule is COCCn1c(CN2CCC(C3=CC=CC(=O)C3)CC2)nc2ccc(C(=O)OC)cc21. The number of nitrogens with zero attached hydrogens (tertiary/aromatic N) is 3. The maximum Gasteiger partial charge on any atom is 0.337 e. The molecular formula is C24H29N3O4. The number of imidazole rings is 1. The zero-order chi connectivity index (χ0) is 21.8. The Morgan fingerprint density at radius 1 is 1.23 bits per heavy atom. The third-order valence-corrected chi connectivity index (χ3v) is 6.22. The van der Waals surface area contributed by atoms with E-state index in [1.165, 1.54) is 12.7 Å². The number of benzene rings is 1. The van der Waals surface area contributed by atoms with Crippen LogP contribution in [-0.4, -0.2) is 60.1 Å². The number of aromatic nitrogens is 2. The smallest absolute Gasteiger partial charge is 0.337 e. The summed E-state index contributed by atoms with van der Waals surface area (Å²) in [7, 11) is 3.07. The molecule has 0 N–H and O–H groups in total. The van der Waals surface area contributed by atoms with Crippen molar-refractivity contribution in [1.82, 2.24) is 14.5 Å². The van der Waals surface area contributed by atoms with Crippen LogP contribution in [0.25, 0.3) is 11.0 Å². The lowest BCUT2D eigenvalue weighted by molar-refractivity contribution is -0.114. The molecular weight excluding hydrogens is 394 g/mol. The van der Waals surface area contributed by atoms with Gasteiger partial charge in [-0.15, -0.1) is 0 Å². The highest BCUT2D eigenvalue weighted by Gasteiger charge is 2.25. The quantitative estimate of drug-likeness (QED) is 0.637. The normalized spacial score (nSPS) is 17.9. The number of likely N-dealkylation sites (tertiary alicyclic amines) is 1. The second-order valence-corrected chi connectivity index (χ2v) is 8.16. The van der Waals surface area contributed by atoms with E-state index in [1.54, 1.807) is 19.3 Å². The Bertz CT molecular complexity index is 1030. The van der Waals surface area contributed by atoms with Gasteiger partial charge in [0.25, 0.3) is 0 Å². The number of rotatable bonds is 7. The molecule has 2 aliphatic rings. The molecule has 7 nitrogen and oxygen atoms in total. The number of ketones is 1. The zero-order valence-electron chi connectivity index (χ0n) is 18.2. The lowest BCUT2D eigenvalue weighted by Gasteiger charge is -2.33. The summed E-state index contributed by atoms with van der Waals surface area (Å²) in [4.78, 5) is 31.0. The summed E-state index contributed by atoms with van der Waals surface area (Å²) >= 11 is 0. The van der Waals surface area contributed by atoms with Crippen molar-refractivity contribution in [3.63, 3.8) is 0 Å². The number of fused-ring (bicyclic) bond motifs is 1. The average Bonchev–Trinajstić information content (AvgIpc) is 3.13. The standard InChI is InChI=1S/C24H29N3O4/c1-30-13-12-27-22-15-19(24(29)31-2)6-7-21(22)25-23(27)16-26-10-8-17(9-11-26)18-4-3-5-20(28)14-18/h3-7,15,17H,8-14,16H2,1-2H3. The number of hydrogen-bond donors (Lipinski definition) is 0. The van der Waals surface area contributed by atoms with Gasteiger partial charge in [0.05, 0.1) is 36.9 Å². The molecule has 2 heterocycles. The lowest BCUT2D eigenvalue weighted by Crippen LogP contribution is -2.35. The first-order valence-electron chi connectivity index (χ1n) is 10.8. The van der Waals surface area contributed by atoms with Crippen LogP contribution in [0.3, 0.4) is 0 Å². The Morgan fingerprint density at radius 2 is 2.03 bits per heavy atom. The van der Waals surface area contributed by atoms with E-state index in [1.807, 2.05) is 18.2 Å². The highest BCUT2D eigenvalue weighted by Crippen LogP contribution is 2.29. The van der Waals surface area contributed by atoms with Crippen molar-refractivity contribution in [2.45, 2.75) is 32.4 Å². The first-order valence-corrected chi connectivity index (χ1v) is 10.8. The van der Waals surface area contributed by atoms with Gasteiger partial charge in [-0.05, 0) is 56.1 Å². The summed E-state index contributed by atoms with van der Waals surface area (Å²) < 4.78 is 12.3. The van der Waals surface area contributed by atoms with Crippen LogP contribution in [0.2, 0.25) is 0 Å². The molecule has 7 heteroatoms. The molecule has 0 amide bonds. The molecule has 0 atom stereocenters. The molecule has 2 aromatic rings. The van der Waals surface area contributed by atoms with E-state index in [0.29, 0.717) is 31.1 Å². The predicted octanol–water partition coefficient (Wildman–Crippen LogP) is 3.14. The van der Waals surface area contributed by atoms with Crippen molar-refractivity contribution in [1.29, 1.82) is 0 Å². The van der Waals surface area contributed by atoms with Crippen LogP contribution in [0.1, 0.15) is 35.4 Å². The van der Waals surface area contributed by atoms with E-state index in [2.05, 4.69) is 15.5 Å². The van der Waals surface area contributed by atoms with Crippen molar-refractivity contribution < 1.29 is 19.1 Å². The fourth-order valence-electron chi connectivity index (χ4n) is 4.51. The van der Waals surface area contributed by atoms with Gasteiger partial charge in [-0.3, -0.25) is 9.69 Å². The van der Waals surface area contributed by atoms with E-state index in [4.69, 9.17) is 14.5 Å². The van der Waals surface area contributed by atoms with Crippen LogP contribution in [0.5, 0.6) is 0 Å². The second-order valence-electron chi connectivity index (χ2n) is 8.16. The fraction of sp³-hybridized carbons (Fsp3) is 0.458. The number of hydrogen-bond acceptors (Lipinski definition) is 6. The minimum atomic E-state index is -0.352.